The molecule has 0 saturated carbocycles. The van der Waals surface area contributed by atoms with Crippen molar-refractivity contribution in [2.24, 2.45) is 0 Å². The van der Waals surface area contributed by atoms with Gasteiger partial charge in [-0.1, -0.05) is 55.0 Å². The van der Waals surface area contributed by atoms with E-state index in [1.807, 2.05) is 23.2 Å². The molecule has 1 aliphatic heterocycles. The summed E-state index contributed by atoms with van der Waals surface area (Å²) in [5.41, 5.74) is 8.34. The second-order valence-corrected chi connectivity index (χ2v) is 8.98. The molecule has 172 valence electrons. The highest BCUT2D eigenvalue weighted by molar-refractivity contribution is 5.77. The molecule has 5 rings (SSSR count). The highest BCUT2D eigenvalue weighted by Gasteiger charge is 2.28. The van der Waals surface area contributed by atoms with Crippen LogP contribution in [0.5, 0.6) is 0 Å². The van der Waals surface area contributed by atoms with Gasteiger partial charge in [0.2, 0.25) is 0 Å². The number of hydrogen-bond acceptors (Lipinski definition) is 5. The molecule has 0 aliphatic carbocycles. The van der Waals surface area contributed by atoms with Gasteiger partial charge in [0.1, 0.15) is 17.9 Å². The first kappa shape index (κ1) is 22.2. The number of carboxylic acid groups (broad SMARTS) is 1. The average Bonchev–Trinajstić information content (AvgIpc) is 2.86. The smallest absolute Gasteiger partial charge is 0.320 e. The molecule has 1 aliphatic rings. The van der Waals surface area contributed by atoms with Crippen molar-refractivity contribution in [2.75, 3.05) is 6.54 Å². The summed E-state index contributed by atoms with van der Waals surface area (Å²) in [6, 6.07) is 18.4. The molecule has 4 aromatic rings. The van der Waals surface area contributed by atoms with E-state index in [2.05, 4.69) is 59.4 Å². The second kappa shape index (κ2) is 9.69. The molecular formula is C28H28N4O2. The first-order valence-corrected chi connectivity index (χ1v) is 11.8. The lowest BCUT2D eigenvalue weighted by Crippen LogP contribution is -2.44. The van der Waals surface area contributed by atoms with Crippen LogP contribution in [0.1, 0.15) is 41.6 Å². The SMILES string of the molecule is Cc1c(Cc2ncnc3cc(CN4CCCCC4C(=O)O)cnc23)cccc1-c1ccccc1. The van der Waals surface area contributed by atoms with E-state index >= 15 is 0 Å². The molecule has 3 heterocycles. The molecule has 1 unspecified atom stereocenters. The number of aromatic nitrogens is 3. The second-order valence-electron chi connectivity index (χ2n) is 8.98. The molecule has 6 heteroatoms. The van der Waals surface area contributed by atoms with Gasteiger partial charge in [-0.15, -0.1) is 0 Å². The number of pyridine rings is 1. The molecule has 0 spiro atoms. The summed E-state index contributed by atoms with van der Waals surface area (Å²) in [4.78, 5) is 27.4. The first-order chi connectivity index (χ1) is 16.6. The summed E-state index contributed by atoms with van der Waals surface area (Å²) < 4.78 is 0. The maximum Gasteiger partial charge on any atom is 0.320 e. The predicted octanol–water partition coefficient (Wildman–Crippen LogP) is 5.03. The van der Waals surface area contributed by atoms with Crippen LogP contribution in [0.2, 0.25) is 0 Å². The minimum absolute atomic E-state index is 0.426. The molecule has 1 N–H and O–H groups in total. The highest BCUT2D eigenvalue weighted by atomic mass is 16.4. The number of aliphatic carboxylic acids is 1. The maximum atomic E-state index is 11.6. The Morgan fingerprint density at radius 3 is 2.74 bits per heavy atom. The highest BCUT2D eigenvalue weighted by Crippen LogP contribution is 2.28. The quantitative estimate of drug-likeness (QED) is 0.442. The number of carbonyl (C=O) groups is 1. The van der Waals surface area contributed by atoms with Gasteiger partial charge in [0.25, 0.3) is 0 Å². The molecule has 0 radical (unpaired) electrons. The molecule has 34 heavy (non-hydrogen) atoms. The first-order valence-electron chi connectivity index (χ1n) is 11.8. The Labute approximate surface area is 199 Å². The fourth-order valence-electron chi connectivity index (χ4n) is 4.93. The molecule has 0 bridgehead atoms. The lowest BCUT2D eigenvalue weighted by atomic mass is 9.94. The van der Waals surface area contributed by atoms with Crippen LogP contribution in [-0.4, -0.2) is 43.5 Å². The standard InChI is InChI=1S/C28H28N4O2/c1-19-22(10-7-11-23(19)21-8-3-2-4-9-21)15-25-27-24(30-18-31-25)14-20(16-29-27)17-32-13-6-5-12-26(32)28(33)34/h2-4,7-11,14,16,18,26H,5-6,12-13,15,17H2,1H3,(H,33,34). The predicted molar refractivity (Wildman–Crippen MR) is 132 cm³/mol. The van der Waals surface area contributed by atoms with E-state index in [-0.39, 0.29) is 0 Å². The van der Waals surface area contributed by atoms with Crippen molar-refractivity contribution in [3.63, 3.8) is 0 Å². The van der Waals surface area contributed by atoms with Crippen molar-refractivity contribution in [3.8, 4) is 11.1 Å². The lowest BCUT2D eigenvalue weighted by molar-refractivity contribution is -0.144. The Kier molecular flexibility index (Phi) is 6.32. The fraction of sp³-hybridized carbons (Fsp3) is 0.286. The van der Waals surface area contributed by atoms with E-state index in [1.54, 1.807) is 6.33 Å². The van der Waals surface area contributed by atoms with Crippen LogP contribution >= 0.6 is 0 Å². The minimum Gasteiger partial charge on any atom is -0.480 e. The van der Waals surface area contributed by atoms with Gasteiger partial charge in [-0.3, -0.25) is 14.7 Å². The maximum absolute atomic E-state index is 11.6. The zero-order valence-electron chi connectivity index (χ0n) is 19.3. The van der Waals surface area contributed by atoms with Gasteiger partial charge in [0.05, 0.1) is 11.2 Å². The van der Waals surface area contributed by atoms with Crippen LogP contribution in [0.3, 0.4) is 0 Å². The van der Waals surface area contributed by atoms with Gasteiger partial charge in [-0.25, -0.2) is 9.97 Å². The monoisotopic (exact) mass is 452 g/mol. The summed E-state index contributed by atoms with van der Waals surface area (Å²) in [6.45, 7) is 3.52. The van der Waals surface area contributed by atoms with Gasteiger partial charge < -0.3 is 5.11 Å². The van der Waals surface area contributed by atoms with E-state index in [4.69, 9.17) is 4.98 Å². The number of piperidine rings is 1. The van der Waals surface area contributed by atoms with Crippen LogP contribution in [0.4, 0.5) is 0 Å². The zero-order valence-corrected chi connectivity index (χ0v) is 19.3. The van der Waals surface area contributed by atoms with Gasteiger partial charge in [-0.05, 0) is 60.2 Å². The van der Waals surface area contributed by atoms with E-state index in [0.29, 0.717) is 19.4 Å². The molecule has 0 amide bonds. The van der Waals surface area contributed by atoms with Crippen molar-refractivity contribution in [2.45, 2.75) is 45.2 Å². The number of rotatable bonds is 6. The minimum atomic E-state index is -0.744. The van der Waals surface area contributed by atoms with Crippen molar-refractivity contribution in [3.05, 3.63) is 89.5 Å². The molecule has 1 atom stereocenters. The molecule has 2 aromatic heterocycles. The average molecular weight is 453 g/mol. The number of likely N-dealkylation sites (tertiary alicyclic amines) is 1. The van der Waals surface area contributed by atoms with Crippen molar-refractivity contribution in [1.29, 1.82) is 0 Å². The molecule has 2 aromatic carbocycles. The number of nitrogens with zero attached hydrogens (tertiary/aromatic N) is 4. The van der Waals surface area contributed by atoms with Crippen LogP contribution in [0.15, 0.2) is 67.1 Å². The number of benzene rings is 2. The number of fused-ring (bicyclic) bond motifs is 1. The summed E-state index contributed by atoms with van der Waals surface area (Å²) in [5, 5.41) is 9.57. The van der Waals surface area contributed by atoms with Gasteiger partial charge in [-0.2, -0.15) is 0 Å². The van der Waals surface area contributed by atoms with E-state index in [0.717, 1.165) is 41.7 Å². The Hall–Kier alpha value is -3.64. The largest absolute Gasteiger partial charge is 0.480 e. The summed E-state index contributed by atoms with van der Waals surface area (Å²) in [6.07, 6.45) is 6.80. The van der Waals surface area contributed by atoms with Gasteiger partial charge in [0.15, 0.2) is 0 Å². The number of hydrogen-bond donors (Lipinski definition) is 1. The zero-order chi connectivity index (χ0) is 23.5. The van der Waals surface area contributed by atoms with Crippen molar-refractivity contribution < 1.29 is 9.90 Å². The Balaban J connectivity index is 1.42. The fourth-order valence-corrected chi connectivity index (χ4v) is 4.93. The third-order valence-corrected chi connectivity index (χ3v) is 6.78. The van der Waals surface area contributed by atoms with Crippen molar-refractivity contribution >= 4 is 17.0 Å². The topological polar surface area (TPSA) is 79.2 Å². The molecule has 1 saturated heterocycles. The lowest BCUT2D eigenvalue weighted by Gasteiger charge is -2.32. The summed E-state index contributed by atoms with van der Waals surface area (Å²) in [5.74, 6) is -0.744. The number of carboxylic acids is 1. The normalized spacial score (nSPS) is 16.6. The van der Waals surface area contributed by atoms with Crippen molar-refractivity contribution in [1.82, 2.24) is 19.9 Å². The third kappa shape index (κ3) is 4.54. The Morgan fingerprint density at radius 1 is 1.06 bits per heavy atom. The van der Waals surface area contributed by atoms with E-state index in [1.165, 1.54) is 22.3 Å². The third-order valence-electron chi connectivity index (χ3n) is 6.78. The van der Waals surface area contributed by atoms with E-state index in [9.17, 15) is 9.90 Å². The van der Waals surface area contributed by atoms with Crippen LogP contribution < -0.4 is 0 Å². The van der Waals surface area contributed by atoms with Gasteiger partial charge >= 0.3 is 5.97 Å². The summed E-state index contributed by atoms with van der Waals surface area (Å²) >= 11 is 0. The van der Waals surface area contributed by atoms with Crippen LogP contribution in [0, 0.1) is 6.92 Å². The van der Waals surface area contributed by atoms with Gasteiger partial charge in [0, 0.05) is 19.2 Å². The van der Waals surface area contributed by atoms with E-state index < -0.39 is 12.0 Å². The summed E-state index contributed by atoms with van der Waals surface area (Å²) in [7, 11) is 0. The Morgan fingerprint density at radius 2 is 1.91 bits per heavy atom. The molecular weight excluding hydrogens is 424 g/mol. The molecule has 1 fully saturated rings. The van der Waals surface area contributed by atoms with Crippen LogP contribution in [-0.2, 0) is 17.8 Å². The molecule has 6 nitrogen and oxygen atoms in total. The Bertz CT molecular complexity index is 1320. The van der Waals surface area contributed by atoms with Crippen LogP contribution in [0.25, 0.3) is 22.2 Å².